The van der Waals surface area contributed by atoms with Crippen molar-refractivity contribution in [2.75, 3.05) is 5.32 Å². The topological polar surface area (TPSA) is 76.1 Å². The van der Waals surface area contributed by atoms with Crippen molar-refractivity contribution in [3.05, 3.63) is 58.9 Å². The van der Waals surface area contributed by atoms with E-state index in [-0.39, 0.29) is 11.1 Å². The van der Waals surface area contributed by atoms with Crippen LogP contribution in [0.25, 0.3) is 0 Å². The van der Waals surface area contributed by atoms with E-state index in [1.165, 1.54) is 24.5 Å². The van der Waals surface area contributed by atoms with Gasteiger partial charge in [0.15, 0.2) is 17.5 Å². The third-order valence-electron chi connectivity index (χ3n) is 3.23. The number of carbonyl (C=O) groups is 3. The maximum absolute atomic E-state index is 12.2. The molecule has 1 aliphatic rings. The van der Waals surface area contributed by atoms with Crippen molar-refractivity contribution in [1.29, 1.82) is 0 Å². The summed E-state index contributed by atoms with van der Waals surface area (Å²) in [5, 5.41) is 2.98. The highest BCUT2D eigenvalue weighted by atomic mass is 35.5. The van der Waals surface area contributed by atoms with Gasteiger partial charge in [-0.1, -0.05) is 17.7 Å². The summed E-state index contributed by atoms with van der Waals surface area (Å²) in [7, 11) is 0. The highest BCUT2D eigenvalue weighted by Gasteiger charge is 2.43. The van der Waals surface area contributed by atoms with Crippen LogP contribution in [0.1, 0.15) is 20.7 Å². The number of hydrogen-bond acceptors (Lipinski definition) is 4. The first-order valence-corrected chi connectivity index (χ1v) is 6.54. The van der Waals surface area contributed by atoms with Gasteiger partial charge in [0.25, 0.3) is 0 Å². The molecule has 6 heteroatoms. The van der Waals surface area contributed by atoms with Gasteiger partial charge in [0.1, 0.15) is 0 Å². The number of aromatic nitrogens is 1. The number of ketones is 2. The summed E-state index contributed by atoms with van der Waals surface area (Å²) >= 11 is 5.82. The van der Waals surface area contributed by atoms with Crippen molar-refractivity contribution in [1.82, 2.24) is 4.98 Å². The Morgan fingerprint density at radius 1 is 1.14 bits per heavy atom. The summed E-state index contributed by atoms with van der Waals surface area (Å²) in [5.41, 5.74) is 0.858. The largest absolute Gasteiger partial charge is 0.325 e. The van der Waals surface area contributed by atoms with Crippen LogP contribution >= 0.6 is 11.6 Å². The molecule has 21 heavy (non-hydrogen) atoms. The van der Waals surface area contributed by atoms with Gasteiger partial charge in [0.2, 0.25) is 5.91 Å². The number of anilines is 1. The van der Waals surface area contributed by atoms with Gasteiger partial charge < -0.3 is 5.32 Å². The molecule has 1 N–H and O–H groups in total. The van der Waals surface area contributed by atoms with Gasteiger partial charge in [0, 0.05) is 34.2 Å². The number of amides is 1. The Bertz CT molecular complexity index is 738. The maximum atomic E-state index is 12.2. The molecule has 0 saturated carbocycles. The van der Waals surface area contributed by atoms with Gasteiger partial charge in [-0.3, -0.25) is 19.4 Å². The van der Waals surface area contributed by atoms with Crippen molar-refractivity contribution >= 4 is 34.8 Å². The number of nitrogens with one attached hydrogen (secondary N) is 1. The molecule has 1 aromatic carbocycles. The molecule has 1 unspecified atom stereocenters. The van der Waals surface area contributed by atoms with Crippen molar-refractivity contribution in [3.8, 4) is 0 Å². The minimum Gasteiger partial charge on any atom is -0.325 e. The Balaban J connectivity index is 1.87. The fraction of sp³-hybridized carbons (Fsp3) is 0.0667. The first-order chi connectivity index (χ1) is 10.1. The lowest BCUT2D eigenvalue weighted by molar-refractivity contribution is -0.117. The molecule has 1 aromatic heterocycles. The van der Waals surface area contributed by atoms with E-state index in [9.17, 15) is 14.4 Å². The molecule has 104 valence electrons. The number of Topliss-reactive ketones (excluding diaryl/α,β-unsaturated/α-hetero) is 2. The number of benzene rings is 1. The Hall–Kier alpha value is -2.53. The predicted molar refractivity (Wildman–Crippen MR) is 76.5 cm³/mol. The minimum absolute atomic E-state index is 0.189. The highest BCUT2D eigenvalue weighted by molar-refractivity contribution is 6.36. The number of halogens is 1. The van der Waals surface area contributed by atoms with Crippen LogP contribution in [0, 0.1) is 5.92 Å². The molecule has 5 nitrogen and oxygen atoms in total. The second kappa shape index (κ2) is 5.10. The van der Waals surface area contributed by atoms with Gasteiger partial charge >= 0.3 is 0 Å². The van der Waals surface area contributed by atoms with Crippen molar-refractivity contribution < 1.29 is 14.4 Å². The third kappa shape index (κ3) is 2.32. The van der Waals surface area contributed by atoms with Crippen LogP contribution in [0.15, 0.2) is 42.7 Å². The van der Waals surface area contributed by atoms with Crippen LogP contribution in [0.3, 0.4) is 0 Å². The Labute approximate surface area is 124 Å². The predicted octanol–water partition coefficient (Wildman–Crippen LogP) is 2.37. The smallest absolute Gasteiger partial charge is 0.243 e. The molecule has 3 rings (SSSR count). The second-order valence-corrected chi connectivity index (χ2v) is 5.02. The van der Waals surface area contributed by atoms with Crippen LogP contribution in [-0.2, 0) is 4.79 Å². The van der Waals surface area contributed by atoms with E-state index >= 15 is 0 Å². The van der Waals surface area contributed by atoms with Gasteiger partial charge in [-0.2, -0.15) is 0 Å². The molecular formula is C15H9ClN2O3. The normalized spacial score (nSPS) is 16.7. The lowest BCUT2D eigenvalue weighted by atomic mass is 10.0. The average Bonchev–Trinajstić information content (AvgIpc) is 2.71. The van der Waals surface area contributed by atoms with E-state index in [0.29, 0.717) is 10.7 Å². The zero-order valence-corrected chi connectivity index (χ0v) is 11.4. The average molecular weight is 301 g/mol. The Morgan fingerprint density at radius 3 is 2.62 bits per heavy atom. The van der Waals surface area contributed by atoms with E-state index in [1.54, 1.807) is 18.2 Å². The van der Waals surface area contributed by atoms with Crippen LogP contribution in [-0.4, -0.2) is 22.5 Å². The molecule has 2 aromatic rings. The van der Waals surface area contributed by atoms with E-state index < -0.39 is 23.4 Å². The molecule has 0 radical (unpaired) electrons. The molecule has 1 amide bonds. The van der Waals surface area contributed by atoms with Crippen molar-refractivity contribution in [3.63, 3.8) is 0 Å². The van der Waals surface area contributed by atoms with Crippen LogP contribution in [0.5, 0.6) is 0 Å². The molecule has 0 aliphatic heterocycles. The third-order valence-corrected chi connectivity index (χ3v) is 3.47. The van der Waals surface area contributed by atoms with Gasteiger partial charge in [-0.25, -0.2) is 0 Å². The fourth-order valence-electron chi connectivity index (χ4n) is 2.25. The lowest BCUT2D eigenvalue weighted by Gasteiger charge is -2.08. The summed E-state index contributed by atoms with van der Waals surface area (Å²) in [6.45, 7) is 0. The first kappa shape index (κ1) is 13.5. The van der Waals surface area contributed by atoms with Crippen molar-refractivity contribution in [2.45, 2.75) is 0 Å². The number of nitrogens with zero attached hydrogens (tertiary/aromatic N) is 1. The molecule has 0 spiro atoms. The molecule has 0 saturated heterocycles. The van der Waals surface area contributed by atoms with E-state index in [4.69, 9.17) is 11.6 Å². The van der Waals surface area contributed by atoms with Gasteiger partial charge in [-0.15, -0.1) is 0 Å². The lowest BCUT2D eigenvalue weighted by Crippen LogP contribution is -2.31. The van der Waals surface area contributed by atoms with Gasteiger partial charge in [-0.05, 0) is 24.3 Å². The zero-order valence-electron chi connectivity index (χ0n) is 10.7. The van der Waals surface area contributed by atoms with Crippen LogP contribution in [0.2, 0.25) is 5.02 Å². The fourth-order valence-corrected chi connectivity index (χ4v) is 2.44. The summed E-state index contributed by atoms with van der Waals surface area (Å²) < 4.78 is 0. The second-order valence-electron chi connectivity index (χ2n) is 4.58. The quantitative estimate of drug-likeness (QED) is 0.864. The Morgan fingerprint density at radius 2 is 1.90 bits per heavy atom. The molecule has 0 fully saturated rings. The molecule has 0 bridgehead atoms. The van der Waals surface area contributed by atoms with Crippen molar-refractivity contribution in [2.24, 2.45) is 5.92 Å². The molecule has 1 atom stereocenters. The zero-order chi connectivity index (χ0) is 15.0. The van der Waals surface area contributed by atoms with E-state index in [1.807, 2.05) is 0 Å². The number of fused-ring (bicyclic) bond motifs is 1. The summed E-state index contributed by atoms with van der Waals surface area (Å²) in [4.78, 5) is 40.3. The molecule has 1 heterocycles. The Kier molecular flexibility index (Phi) is 3.27. The van der Waals surface area contributed by atoms with E-state index in [0.717, 1.165) is 0 Å². The van der Waals surface area contributed by atoms with E-state index in [2.05, 4.69) is 10.3 Å². The first-order valence-electron chi connectivity index (χ1n) is 6.17. The highest BCUT2D eigenvalue weighted by Crippen LogP contribution is 2.27. The van der Waals surface area contributed by atoms with Gasteiger partial charge in [0.05, 0.1) is 0 Å². The number of rotatable bonds is 2. The SMILES string of the molecule is O=C(Nc1cccc(Cl)c1)C1C(=O)c2ccncc2C1=O. The monoisotopic (exact) mass is 300 g/mol. The number of pyridine rings is 1. The summed E-state index contributed by atoms with van der Waals surface area (Å²) in [6.07, 6.45) is 2.73. The summed E-state index contributed by atoms with van der Waals surface area (Å²) in [5.74, 6) is -3.05. The maximum Gasteiger partial charge on any atom is 0.243 e. The van der Waals surface area contributed by atoms with Crippen LogP contribution in [0.4, 0.5) is 5.69 Å². The van der Waals surface area contributed by atoms with Crippen LogP contribution < -0.4 is 5.32 Å². The standard InChI is InChI=1S/C15H9ClN2O3/c16-8-2-1-3-9(6-8)18-15(21)12-13(19)10-4-5-17-7-11(10)14(12)20/h1-7,12H,(H,18,21). The number of carbonyl (C=O) groups excluding carboxylic acids is 3. The molecular weight excluding hydrogens is 292 g/mol. The minimum atomic E-state index is -1.36. The molecule has 1 aliphatic carbocycles. The number of hydrogen-bond donors (Lipinski definition) is 1. The summed E-state index contributed by atoms with van der Waals surface area (Å²) in [6, 6.07) is 7.93.